The van der Waals surface area contributed by atoms with E-state index in [1.807, 2.05) is 0 Å². The molecule has 0 unspecified atom stereocenters. The van der Waals surface area contributed by atoms with Crippen molar-refractivity contribution in [3.8, 4) is 44.8 Å². The summed E-state index contributed by atoms with van der Waals surface area (Å²) in [4.78, 5) is 5.29. The second kappa shape index (κ2) is 23.2. The van der Waals surface area contributed by atoms with E-state index in [1.54, 1.807) is 0 Å². The Morgan fingerprint density at radius 3 is 1.11 bits per heavy atom. The van der Waals surface area contributed by atoms with Gasteiger partial charge in [-0.3, -0.25) is 0 Å². The van der Waals surface area contributed by atoms with E-state index < -0.39 is 0 Å². The minimum Gasteiger partial charge on any atom is -0.311 e. The van der Waals surface area contributed by atoms with Crippen molar-refractivity contribution in [1.29, 1.82) is 0 Å². The Bertz CT molecular complexity index is 5890. The molecule has 4 nitrogen and oxygen atoms in total. The molecule has 0 bridgehead atoms. The van der Waals surface area contributed by atoms with Gasteiger partial charge in [0.2, 0.25) is 0 Å². The van der Waals surface area contributed by atoms with Crippen LogP contribution in [0.4, 0.5) is 34.1 Å². The molecule has 0 amide bonds. The van der Waals surface area contributed by atoms with Crippen LogP contribution in [-0.2, 0) is 43.3 Å². The Morgan fingerprint density at radius 1 is 0.262 bits per heavy atom. The zero-order chi connectivity index (χ0) is 74.9. The molecule has 0 atom stereocenters. The highest BCUT2D eigenvalue weighted by Gasteiger charge is 2.47. The number of hydrogen-bond acceptors (Lipinski definition) is 2. The first kappa shape index (κ1) is 68.7. The first-order chi connectivity index (χ1) is 50.5. The molecule has 2 aliphatic carbocycles. The standard InChI is InChI=1S/C102H103BN4/c1-95(2,3)68-36-47-88-78(55-68)79-56-69(96(4,5)6)37-48-89(79)107(88)75-58-92-94-93(59-75)105(73-40-31-63(32-41-73)65-34-44-81-83(52-65)102(19,20)61-100(81,15)16)91-57-74(106-86-27-23-21-25-76(86)77-26-22-24-28-87(77)106)42-45-84(91)103(94)85-53-66(67-49-70(97(7,8)9)54-71(50-67)98(10,11)12)35-46-90(85)104(92)72-38-29-62(30-39-72)64-33-43-80-82(51-64)101(17,18)60-99(80,13)14/h21-59H,60-61H2,1-20H3. The van der Waals surface area contributed by atoms with Gasteiger partial charge in [0.25, 0.3) is 6.71 Å². The first-order valence-corrected chi connectivity index (χ1v) is 39.3. The van der Waals surface area contributed by atoms with Crippen LogP contribution in [0.5, 0.6) is 0 Å². The molecular weight excluding hydrogens is 1290 g/mol. The van der Waals surface area contributed by atoms with Crippen molar-refractivity contribution in [3.63, 3.8) is 0 Å². The van der Waals surface area contributed by atoms with E-state index in [4.69, 9.17) is 0 Å². The quantitative estimate of drug-likeness (QED) is 0.148. The highest BCUT2D eigenvalue weighted by molar-refractivity contribution is 7.00. The van der Waals surface area contributed by atoms with Crippen LogP contribution in [-0.4, -0.2) is 15.8 Å². The smallest absolute Gasteiger partial charge is 0.252 e. The van der Waals surface area contributed by atoms with Crippen molar-refractivity contribution < 1.29 is 0 Å². The SMILES string of the molecule is CC(C)(C)c1cc(-c2ccc3c(c2)B2c4ccc(-n5c6ccccc6c6ccccc65)cc4N(c4ccc(-c5ccc6c(c5)C(C)(C)CC6(C)C)cc4)c4cc(-n5c6ccc(C(C)(C)C)cc6c6cc(C(C)(C)C)ccc65)cc(c42)N3c2ccc(-c3ccc4c(c3)C(C)(C)CC4(C)C)cc2)cc(C(C)(C)C)c1. The van der Waals surface area contributed by atoms with E-state index in [1.165, 1.54) is 144 Å². The average molecular weight is 1400 g/mol. The van der Waals surface area contributed by atoms with Crippen molar-refractivity contribution in [2.24, 2.45) is 0 Å². The molecule has 2 aromatic heterocycles. The van der Waals surface area contributed by atoms with Gasteiger partial charge in [-0.1, -0.05) is 284 Å². The maximum atomic E-state index is 2.65. The third-order valence-corrected chi connectivity index (χ3v) is 25.3. The average Bonchev–Trinajstić information content (AvgIpc) is 1.62. The molecule has 534 valence electrons. The zero-order valence-corrected chi connectivity index (χ0v) is 66.8. The summed E-state index contributed by atoms with van der Waals surface area (Å²) in [6.45, 7) is 47.4. The monoisotopic (exact) mass is 1390 g/mol. The number of aromatic nitrogens is 2. The van der Waals surface area contributed by atoms with Gasteiger partial charge < -0.3 is 18.9 Å². The molecular formula is C102H103BN4. The summed E-state index contributed by atoms with van der Waals surface area (Å²) in [5, 5.41) is 5.02. The van der Waals surface area contributed by atoms with Gasteiger partial charge in [-0.2, -0.15) is 0 Å². The maximum absolute atomic E-state index is 2.65. The molecule has 12 aromatic carbocycles. The lowest BCUT2D eigenvalue weighted by Crippen LogP contribution is -2.61. The van der Waals surface area contributed by atoms with Crippen LogP contribution in [0, 0.1) is 0 Å². The molecule has 4 aliphatic rings. The van der Waals surface area contributed by atoms with Crippen LogP contribution < -0.4 is 26.2 Å². The van der Waals surface area contributed by atoms with Crippen LogP contribution in [0.1, 0.15) is 196 Å². The van der Waals surface area contributed by atoms with E-state index in [2.05, 4.69) is 394 Å². The summed E-state index contributed by atoms with van der Waals surface area (Å²) in [6.07, 6.45) is 2.26. The molecule has 0 saturated heterocycles. The Morgan fingerprint density at radius 2 is 0.645 bits per heavy atom. The predicted octanol–water partition coefficient (Wildman–Crippen LogP) is 26.1. The molecule has 18 rings (SSSR count). The predicted molar refractivity (Wildman–Crippen MR) is 462 cm³/mol. The Labute approximate surface area is 636 Å². The fraction of sp³-hybridized carbons (Fsp3) is 0.294. The van der Waals surface area contributed by atoms with Crippen LogP contribution in [0.2, 0.25) is 0 Å². The van der Waals surface area contributed by atoms with E-state index in [-0.39, 0.29) is 50.0 Å². The minimum atomic E-state index is -0.190. The lowest BCUT2D eigenvalue weighted by Gasteiger charge is -2.44. The van der Waals surface area contributed by atoms with Gasteiger partial charge in [0.1, 0.15) is 0 Å². The third kappa shape index (κ3) is 11.0. The summed E-state index contributed by atoms with van der Waals surface area (Å²) in [7, 11) is 0. The zero-order valence-electron chi connectivity index (χ0n) is 66.8. The van der Waals surface area contributed by atoms with Gasteiger partial charge in [-0.25, -0.2) is 0 Å². The fourth-order valence-electron chi connectivity index (χ4n) is 20.0. The molecule has 0 spiro atoms. The minimum absolute atomic E-state index is 0.0631. The van der Waals surface area contributed by atoms with Crippen LogP contribution in [0.25, 0.3) is 88.4 Å². The second-order valence-corrected chi connectivity index (χ2v) is 39.0. The molecule has 0 radical (unpaired) electrons. The molecule has 0 fully saturated rings. The lowest BCUT2D eigenvalue weighted by atomic mass is 9.33. The lowest BCUT2D eigenvalue weighted by molar-refractivity contribution is 0.402. The van der Waals surface area contributed by atoms with E-state index in [9.17, 15) is 0 Å². The maximum Gasteiger partial charge on any atom is 0.252 e. The number of rotatable bonds is 7. The summed E-state index contributed by atoms with van der Waals surface area (Å²) in [5.74, 6) is 0. The van der Waals surface area contributed by atoms with Gasteiger partial charge in [-0.05, 0) is 241 Å². The van der Waals surface area contributed by atoms with E-state index in [0.29, 0.717) is 0 Å². The van der Waals surface area contributed by atoms with Gasteiger partial charge in [0.15, 0.2) is 0 Å². The Balaban J connectivity index is 0.947. The largest absolute Gasteiger partial charge is 0.311 e. The number of fused-ring (bicyclic) bond motifs is 12. The fourth-order valence-corrected chi connectivity index (χ4v) is 20.0. The third-order valence-electron chi connectivity index (χ3n) is 25.3. The highest BCUT2D eigenvalue weighted by atomic mass is 15.2. The molecule has 2 aliphatic heterocycles. The van der Waals surface area contributed by atoms with Gasteiger partial charge in [0.05, 0.1) is 27.8 Å². The van der Waals surface area contributed by atoms with Crippen molar-refractivity contribution in [2.75, 3.05) is 9.80 Å². The molecule has 5 heteroatoms. The van der Waals surface area contributed by atoms with Crippen LogP contribution >= 0.6 is 0 Å². The highest BCUT2D eigenvalue weighted by Crippen LogP contribution is 2.54. The molecule has 0 N–H and O–H groups in total. The molecule has 14 aromatic rings. The number of anilines is 6. The van der Waals surface area contributed by atoms with Crippen molar-refractivity contribution in [1.82, 2.24) is 9.13 Å². The number of hydrogen-bond donors (Lipinski definition) is 0. The molecule has 4 heterocycles. The van der Waals surface area contributed by atoms with Crippen LogP contribution in [0.3, 0.4) is 0 Å². The molecule has 0 saturated carbocycles. The van der Waals surface area contributed by atoms with Crippen LogP contribution in [0.15, 0.2) is 237 Å². The van der Waals surface area contributed by atoms with E-state index >= 15 is 0 Å². The normalized spacial score (nSPS) is 16.2. The summed E-state index contributed by atoms with van der Waals surface area (Å²) >= 11 is 0. The summed E-state index contributed by atoms with van der Waals surface area (Å²) in [6, 6.07) is 93.8. The number of para-hydroxylation sites is 2. The van der Waals surface area contributed by atoms with Crippen molar-refractivity contribution in [2.45, 2.75) is 195 Å². The number of nitrogens with zero attached hydrogens (tertiary/aromatic N) is 4. The Kier molecular flexibility index (Phi) is 14.9. The molecule has 107 heavy (non-hydrogen) atoms. The summed E-state index contributed by atoms with van der Waals surface area (Å²) < 4.78 is 5.11. The Hall–Kier alpha value is -10.1. The van der Waals surface area contributed by atoms with E-state index in [0.717, 1.165) is 52.7 Å². The second-order valence-electron chi connectivity index (χ2n) is 39.0. The van der Waals surface area contributed by atoms with Crippen molar-refractivity contribution >= 4 is 101 Å². The topological polar surface area (TPSA) is 16.3 Å². The van der Waals surface area contributed by atoms with Gasteiger partial charge in [-0.15, -0.1) is 0 Å². The number of benzene rings is 12. The first-order valence-electron chi connectivity index (χ1n) is 39.3. The van der Waals surface area contributed by atoms with Crippen molar-refractivity contribution in [3.05, 3.63) is 281 Å². The van der Waals surface area contributed by atoms with Gasteiger partial charge in [0, 0.05) is 61.4 Å². The summed E-state index contributed by atoms with van der Waals surface area (Å²) in [5.41, 5.74) is 36.4. The van der Waals surface area contributed by atoms with Gasteiger partial charge >= 0.3 is 0 Å².